The molecule has 1 fully saturated rings. The predicted molar refractivity (Wildman–Crippen MR) is 72.9 cm³/mol. The summed E-state index contributed by atoms with van der Waals surface area (Å²) in [6.07, 6.45) is 2.83. The van der Waals surface area contributed by atoms with Crippen LogP contribution in [0, 0.1) is 11.7 Å². The highest BCUT2D eigenvalue weighted by Crippen LogP contribution is 2.33. The van der Waals surface area contributed by atoms with E-state index >= 15 is 0 Å². The van der Waals surface area contributed by atoms with Crippen molar-refractivity contribution in [2.45, 2.75) is 38.7 Å². The molecule has 1 aromatic rings. The van der Waals surface area contributed by atoms with E-state index in [2.05, 4.69) is 0 Å². The van der Waals surface area contributed by atoms with Gasteiger partial charge in [0, 0.05) is 24.5 Å². The van der Waals surface area contributed by atoms with Crippen molar-refractivity contribution in [1.82, 2.24) is 0 Å². The minimum Gasteiger partial charge on any atom is -0.378 e. The highest BCUT2D eigenvalue weighted by atomic mass is 35.5. The number of halogens is 2. The SMILES string of the molecule is CCOC1CC(CC(=O)Cc2cc(Cl)ccc2F)C1. The van der Waals surface area contributed by atoms with Crippen molar-refractivity contribution in [2.24, 2.45) is 5.92 Å². The molecule has 1 saturated carbocycles. The number of carbonyl (C=O) groups is 1. The summed E-state index contributed by atoms with van der Waals surface area (Å²) in [7, 11) is 0. The lowest BCUT2D eigenvalue weighted by Gasteiger charge is -2.34. The van der Waals surface area contributed by atoms with Crippen LogP contribution in [-0.4, -0.2) is 18.5 Å². The topological polar surface area (TPSA) is 26.3 Å². The molecule has 0 atom stereocenters. The second-order valence-corrected chi connectivity index (χ2v) is 5.51. The molecule has 2 rings (SSSR count). The van der Waals surface area contributed by atoms with Gasteiger partial charge in [0.15, 0.2) is 0 Å². The number of hydrogen-bond acceptors (Lipinski definition) is 2. The van der Waals surface area contributed by atoms with Crippen molar-refractivity contribution in [3.8, 4) is 0 Å². The van der Waals surface area contributed by atoms with Gasteiger partial charge in [-0.1, -0.05) is 11.6 Å². The normalized spacial score (nSPS) is 22.1. The molecule has 0 heterocycles. The number of rotatable bonds is 6. The van der Waals surface area contributed by atoms with Crippen LogP contribution in [0.25, 0.3) is 0 Å². The fraction of sp³-hybridized carbons (Fsp3) is 0.533. The molecule has 4 heteroatoms. The summed E-state index contributed by atoms with van der Waals surface area (Å²) < 4.78 is 18.9. The molecule has 1 aliphatic rings. The minimum atomic E-state index is -0.362. The molecule has 2 nitrogen and oxygen atoms in total. The first-order valence-electron chi connectivity index (χ1n) is 6.65. The van der Waals surface area contributed by atoms with Gasteiger partial charge >= 0.3 is 0 Å². The number of carbonyl (C=O) groups excluding carboxylic acids is 1. The first-order chi connectivity index (χ1) is 9.08. The van der Waals surface area contributed by atoms with Gasteiger partial charge in [-0.05, 0) is 49.4 Å². The van der Waals surface area contributed by atoms with Crippen LogP contribution in [0.1, 0.15) is 31.7 Å². The highest BCUT2D eigenvalue weighted by molar-refractivity contribution is 6.30. The van der Waals surface area contributed by atoms with E-state index in [4.69, 9.17) is 16.3 Å². The highest BCUT2D eigenvalue weighted by Gasteiger charge is 2.31. The van der Waals surface area contributed by atoms with E-state index in [0.717, 1.165) is 19.4 Å². The Kier molecular flexibility index (Phi) is 4.94. The summed E-state index contributed by atoms with van der Waals surface area (Å²) in [4.78, 5) is 11.9. The average molecular weight is 285 g/mol. The van der Waals surface area contributed by atoms with Crippen LogP contribution in [-0.2, 0) is 16.0 Å². The maximum atomic E-state index is 13.5. The van der Waals surface area contributed by atoms with Gasteiger partial charge in [-0.25, -0.2) is 4.39 Å². The molecule has 0 aromatic heterocycles. The second-order valence-electron chi connectivity index (χ2n) is 5.07. The molecule has 1 aromatic carbocycles. The molecule has 104 valence electrons. The maximum Gasteiger partial charge on any atom is 0.137 e. The van der Waals surface area contributed by atoms with E-state index in [-0.39, 0.29) is 18.0 Å². The number of hydrogen-bond donors (Lipinski definition) is 0. The standard InChI is InChI=1S/C15H18ClFO2/c1-2-19-14-6-10(7-14)5-13(18)9-11-8-12(16)3-4-15(11)17/h3-4,8,10,14H,2,5-7,9H2,1H3. The van der Waals surface area contributed by atoms with Crippen LogP contribution in [0.4, 0.5) is 4.39 Å². The number of ketones is 1. The smallest absolute Gasteiger partial charge is 0.137 e. The molecule has 0 amide bonds. The van der Waals surface area contributed by atoms with Crippen LogP contribution >= 0.6 is 11.6 Å². The molecule has 1 aliphatic carbocycles. The summed E-state index contributed by atoms with van der Waals surface area (Å²) in [5, 5.41) is 0.462. The monoisotopic (exact) mass is 284 g/mol. The van der Waals surface area contributed by atoms with Gasteiger partial charge in [0.1, 0.15) is 11.6 Å². The minimum absolute atomic E-state index is 0.0705. The number of Topliss-reactive ketones (excluding diaryl/α,β-unsaturated/α-hetero) is 1. The Balaban J connectivity index is 1.80. The molecule has 0 unspecified atom stereocenters. The van der Waals surface area contributed by atoms with E-state index in [1.54, 1.807) is 0 Å². The second kappa shape index (κ2) is 6.49. The Morgan fingerprint density at radius 2 is 2.21 bits per heavy atom. The van der Waals surface area contributed by atoms with E-state index in [1.165, 1.54) is 18.2 Å². The molecule has 19 heavy (non-hydrogen) atoms. The largest absolute Gasteiger partial charge is 0.378 e. The molecule has 0 aliphatic heterocycles. The van der Waals surface area contributed by atoms with Gasteiger partial charge in [0.25, 0.3) is 0 Å². The van der Waals surface area contributed by atoms with Crippen LogP contribution < -0.4 is 0 Å². The fourth-order valence-electron chi connectivity index (χ4n) is 2.50. The maximum absolute atomic E-state index is 13.5. The van der Waals surface area contributed by atoms with Crippen LogP contribution in [0.15, 0.2) is 18.2 Å². The predicted octanol–water partition coefficient (Wildman–Crippen LogP) is 3.80. The van der Waals surface area contributed by atoms with E-state index < -0.39 is 0 Å². The molecule has 0 bridgehead atoms. The summed E-state index contributed by atoms with van der Waals surface area (Å²) in [5.41, 5.74) is 0.387. The third-order valence-corrected chi connectivity index (χ3v) is 3.74. The van der Waals surface area contributed by atoms with Crippen molar-refractivity contribution < 1.29 is 13.9 Å². The first-order valence-corrected chi connectivity index (χ1v) is 7.03. The summed E-state index contributed by atoms with van der Waals surface area (Å²) >= 11 is 5.80. The van der Waals surface area contributed by atoms with Crippen molar-refractivity contribution in [2.75, 3.05) is 6.61 Å². The molecule has 0 spiro atoms. The zero-order valence-corrected chi connectivity index (χ0v) is 11.8. The van der Waals surface area contributed by atoms with Crippen LogP contribution in [0.5, 0.6) is 0 Å². The molecule has 0 radical (unpaired) electrons. The van der Waals surface area contributed by atoms with Gasteiger partial charge in [-0.3, -0.25) is 4.79 Å². The Bertz CT molecular complexity index is 455. The van der Waals surface area contributed by atoms with Gasteiger partial charge in [-0.2, -0.15) is 0 Å². The van der Waals surface area contributed by atoms with Gasteiger partial charge in [0.2, 0.25) is 0 Å². The molecule has 0 N–H and O–H groups in total. The number of ether oxygens (including phenoxy) is 1. The lowest BCUT2D eigenvalue weighted by Crippen LogP contribution is -2.33. The lowest BCUT2D eigenvalue weighted by atomic mass is 9.78. The van der Waals surface area contributed by atoms with Crippen LogP contribution in [0.3, 0.4) is 0 Å². The molecule has 0 saturated heterocycles. The number of benzene rings is 1. The third kappa shape index (κ3) is 4.02. The van der Waals surface area contributed by atoms with Gasteiger partial charge in [0.05, 0.1) is 6.10 Å². The van der Waals surface area contributed by atoms with Crippen molar-refractivity contribution in [1.29, 1.82) is 0 Å². The van der Waals surface area contributed by atoms with Crippen molar-refractivity contribution >= 4 is 17.4 Å². The van der Waals surface area contributed by atoms with Crippen molar-refractivity contribution in [3.05, 3.63) is 34.6 Å². The zero-order valence-electron chi connectivity index (χ0n) is 11.0. The third-order valence-electron chi connectivity index (χ3n) is 3.51. The quantitative estimate of drug-likeness (QED) is 0.794. The molecular weight excluding hydrogens is 267 g/mol. The Morgan fingerprint density at radius 1 is 1.47 bits per heavy atom. The summed E-state index contributed by atoms with van der Waals surface area (Å²) in [5.74, 6) is 0.103. The Labute approximate surface area is 117 Å². The summed E-state index contributed by atoms with van der Waals surface area (Å²) in [6.45, 7) is 2.69. The van der Waals surface area contributed by atoms with Gasteiger partial charge < -0.3 is 4.74 Å². The van der Waals surface area contributed by atoms with E-state index in [9.17, 15) is 9.18 Å². The van der Waals surface area contributed by atoms with Gasteiger partial charge in [-0.15, -0.1) is 0 Å². The fourth-order valence-corrected chi connectivity index (χ4v) is 2.69. The van der Waals surface area contributed by atoms with E-state index in [1.807, 2.05) is 6.92 Å². The van der Waals surface area contributed by atoms with Crippen LogP contribution in [0.2, 0.25) is 5.02 Å². The van der Waals surface area contributed by atoms with Crippen molar-refractivity contribution in [3.63, 3.8) is 0 Å². The average Bonchev–Trinajstić information content (AvgIpc) is 2.31. The Hall–Kier alpha value is -0.930. The Morgan fingerprint density at radius 3 is 2.89 bits per heavy atom. The lowest BCUT2D eigenvalue weighted by molar-refractivity contribution is -0.121. The summed E-state index contributed by atoms with van der Waals surface area (Å²) in [6, 6.07) is 4.32. The van der Waals surface area contributed by atoms with E-state index in [0.29, 0.717) is 29.0 Å². The first kappa shape index (κ1) is 14.5. The molecular formula is C15H18ClFO2. The zero-order chi connectivity index (χ0) is 13.8.